The van der Waals surface area contributed by atoms with Gasteiger partial charge in [-0.25, -0.2) is 0 Å². The summed E-state index contributed by atoms with van der Waals surface area (Å²) in [6.07, 6.45) is 3.09. The Bertz CT molecular complexity index is 487. The average molecular weight is 294 g/mol. The van der Waals surface area contributed by atoms with Crippen LogP contribution in [-0.2, 0) is 0 Å². The third kappa shape index (κ3) is 4.04. The number of pyridine rings is 1. The standard InChI is InChI=1S/C14H22N4O3/c1-3-8-17-9-6-11(7-10-17)15-14-12(18(19)20)4-5-13(16-14)21-2/h4-5,11H,3,6-10H2,1-2H3,(H,15,16). The second-order valence-corrected chi connectivity index (χ2v) is 5.24. The van der Waals surface area contributed by atoms with E-state index in [-0.39, 0.29) is 11.7 Å². The Morgan fingerprint density at radius 3 is 2.76 bits per heavy atom. The lowest BCUT2D eigenvalue weighted by Crippen LogP contribution is -2.39. The molecule has 1 aliphatic rings. The van der Waals surface area contributed by atoms with Crippen molar-refractivity contribution >= 4 is 11.5 Å². The van der Waals surface area contributed by atoms with Crippen LogP contribution in [0.15, 0.2) is 12.1 Å². The van der Waals surface area contributed by atoms with Crippen molar-refractivity contribution in [2.45, 2.75) is 32.2 Å². The van der Waals surface area contributed by atoms with Crippen molar-refractivity contribution in [3.05, 3.63) is 22.2 Å². The van der Waals surface area contributed by atoms with E-state index in [1.807, 2.05) is 0 Å². The Balaban J connectivity index is 2.03. The molecule has 0 radical (unpaired) electrons. The zero-order valence-electron chi connectivity index (χ0n) is 12.5. The first kappa shape index (κ1) is 15.5. The minimum Gasteiger partial charge on any atom is -0.481 e. The summed E-state index contributed by atoms with van der Waals surface area (Å²) < 4.78 is 5.05. The molecule has 1 fully saturated rings. The van der Waals surface area contributed by atoms with Crippen molar-refractivity contribution in [2.75, 3.05) is 32.1 Å². The Morgan fingerprint density at radius 1 is 1.48 bits per heavy atom. The van der Waals surface area contributed by atoms with Gasteiger partial charge >= 0.3 is 5.69 Å². The maximum Gasteiger partial charge on any atom is 0.311 e. The first-order valence-corrected chi connectivity index (χ1v) is 7.32. The number of piperidine rings is 1. The summed E-state index contributed by atoms with van der Waals surface area (Å²) >= 11 is 0. The Morgan fingerprint density at radius 2 is 2.19 bits per heavy atom. The first-order chi connectivity index (χ1) is 10.1. The van der Waals surface area contributed by atoms with E-state index in [0.717, 1.165) is 38.9 Å². The van der Waals surface area contributed by atoms with Gasteiger partial charge in [-0.15, -0.1) is 0 Å². The fourth-order valence-corrected chi connectivity index (χ4v) is 2.61. The molecule has 7 heteroatoms. The number of nitrogens with zero attached hydrogens (tertiary/aromatic N) is 3. The molecule has 0 aromatic carbocycles. The molecule has 0 amide bonds. The van der Waals surface area contributed by atoms with E-state index in [1.165, 1.54) is 19.2 Å². The van der Waals surface area contributed by atoms with Gasteiger partial charge in [0.05, 0.1) is 12.0 Å². The topological polar surface area (TPSA) is 80.5 Å². The van der Waals surface area contributed by atoms with Crippen molar-refractivity contribution in [3.63, 3.8) is 0 Å². The van der Waals surface area contributed by atoms with Crippen molar-refractivity contribution in [3.8, 4) is 5.88 Å². The number of ether oxygens (including phenoxy) is 1. The molecule has 0 unspecified atom stereocenters. The largest absolute Gasteiger partial charge is 0.481 e. The molecule has 1 N–H and O–H groups in total. The lowest BCUT2D eigenvalue weighted by Gasteiger charge is -2.32. The molecule has 0 spiro atoms. The van der Waals surface area contributed by atoms with E-state index in [0.29, 0.717) is 11.7 Å². The Labute approximate surface area is 124 Å². The minimum atomic E-state index is -0.416. The minimum absolute atomic E-state index is 0.00760. The van der Waals surface area contributed by atoms with Gasteiger partial charge in [-0.3, -0.25) is 10.1 Å². The van der Waals surface area contributed by atoms with Gasteiger partial charge in [-0.05, 0) is 25.8 Å². The van der Waals surface area contributed by atoms with Crippen LogP contribution in [0.25, 0.3) is 0 Å². The Hall–Kier alpha value is -1.89. The molecule has 0 aliphatic carbocycles. The van der Waals surface area contributed by atoms with Gasteiger partial charge in [0.15, 0.2) is 0 Å². The zero-order chi connectivity index (χ0) is 15.2. The molecule has 7 nitrogen and oxygen atoms in total. The first-order valence-electron chi connectivity index (χ1n) is 7.32. The highest BCUT2D eigenvalue weighted by atomic mass is 16.6. The van der Waals surface area contributed by atoms with Gasteiger partial charge in [0, 0.05) is 31.3 Å². The predicted molar refractivity (Wildman–Crippen MR) is 80.8 cm³/mol. The normalized spacial score (nSPS) is 16.7. The lowest BCUT2D eigenvalue weighted by atomic mass is 10.0. The van der Waals surface area contributed by atoms with Crippen molar-refractivity contribution in [2.24, 2.45) is 0 Å². The van der Waals surface area contributed by atoms with Crippen LogP contribution in [0.5, 0.6) is 5.88 Å². The molecule has 116 valence electrons. The molecule has 1 aromatic heterocycles. The second kappa shape index (κ2) is 7.21. The highest BCUT2D eigenvalue weighted by molar-refractivity contribution is 5.57. The van der Waals surface area contributed by atoms with Gasteiger partial charge in [-0.1, -0.05) is 6.92 Å². The molecule has 1 saturated heterocycles. The summed E-state index contributed by atoms with van der Waals surface area (Å²) in [5.41, 5.74) is -0.00760. The van der Waals surface area contributed by atoms with Crippen LogP contribution in [0.2, 0.25) is 0 Å². The van der Waals surface area contributed by atoms with Crippen LogP contribution in [0.3, 0.4) is 0 Å². The summed E-state index contributed by atoms with van der Waals surface area (Å²) in [7, 11) is 1.50. The second-order valence-electron chi connectivity index (χ2n) is 5.24. The molecule has 2 rings (SSSR count). The van der Waals surface area contributed by atoms with Crippen LogP contribution >= 0.6 is 0 Å². The Kier molecular flexibility index (Phi) is 5.32. The lowest BCUT2D eigenvalue weighted by molar-refractivity contribution is -0.384. The summed E-state index contributed by atoms with van der Waals surface area (Å²) in [4.78, 5) is 17.3. The number of aromatic nitrogens is 1. The van der Waals surface area contributed by atoms with E-state index in [2.05, 4.69) is 22.1 Å². The van der Waals surface area contributed by atoms with Crippen LogP contribution < -0.4 is 10.1 Å². The quantitative estimate of drug-likeness (QED) is 0.640. The van der Waals surface area contributed by atoms with Gasteiger partial charge in [0.2, 0.25) is 11.7 Å². The summed E-state index contributed by atoms with van der Waals surface area (Å²) in [5.74, 6) is 0.680. The summed E-state index contributed by atoms with van der Waals surface area (Å²) in [6, 6.07) is 3.16. The molecular weight excluding hydrogens is 272 g/mol. The van der Waals surface area contributed by atoms with Crippen LogP contribution in [0, 0.1) is 10.1 Å². The SMILES string of the molecule is CCCN1CCC(Nc2nc(OC)ccc2[N+](=O)[O-])CC1. The zero-order valence-corrected chi connectivity index (χ0v) is 12.5. The van der Waals surface area contributed by atoms with Gasteiger partial charge in [-0.2, -0.15) is 4.98 Å². The number of rotatable bonds is 6. The molecule has 21 heavy (non-hydrogen) atoms. The maximum atomic E-state index is 11.1. The smallest absolute Gasteiger partial charge is 0.311 e. The summed E-state index contributed by atoms with van der Waals surface area (Å²) in [6.45, 7) is 5.32. The molecule has 0 bridgehead atoms. The van der Waals surface area contributed by atoms with E-state index in [4.69, 9.17) is 4.74 Å². The van der Waals surface area contributed by atoms with Crippen LogP contribution in [0.1, 0.15) is 26.2 Å². The van der Waals surface area contributed by atoms with Crippen molar-refractivity contribution in [1.82, 2.24) is 9.88 Å². The highest BCUT2D eigenvalue weighted by Gasteiger charge is 2.23. The van der Waals surface area contributed by atoms with E-state index in [9.17, 15) is 10.1 Å². The van der Waals surface area contributed by atoms with Gasteiger partial charge in [0.25, 0.3) is 0 Å². The summed E-state index contributed by atoms with van der Waals surface area (Å²) in [5, 5.41) is 14.3. The molecule has 1 aliphatic heterocycles. The monoisotopic (exact) mass is 294 g/mol. The van der Waals surface area contributed by atoms with E-state index in [1.54, 1.807) is 0 Å². The van der Waals surface area contributed by atoms with Crippen molar-refractivity contribution in [1.29, 1.82) is 0 Å². The average Bonchev–Trinajstić information content (AvgIpc) is 2.49. The third-order valence-corrected chi connectivity index (χ3v) is 3.72. The number of anilines is 1. The fourth-order valence-electron chi connectivity index (χ4n) is 2.61. The van der Waals surface area contributed by atoms with Crippen LogP contribution in [-0.4, -0.2) is 47.6 Å². The number of hydrogen-bond acceptors (Lipinski definition) is 6. The molecular formula is C14H22N4O3. The number of nitro groups is 1. The number of nitrogens with one attached hydrogen (secondary N) is 1. The van der Waals surface area contributed by atoms with Crippen molar-refractivity contribution < 1.29 is 9.66 Å². The number of methoxy groups -OCH3 is 1. The number of likely N-dealkylation sites (tertiary alicyclic amines) is 1. The highest BCUT2D eigenvalue weighted by Crippen LogP contribution is 2.27. The maximum absolute atomic E-state index is 11.1. The molecule has 0 atom stereocenters. The molecule has 2 heterocycles. The predicted octanol–water partition coefficient (Wildman–Crippen LogP) is 2.28. The van der Waals surface area contributed by atoms with Crippen LogP contribution in [0.4, 0.5) is 11.5 Å². The van der Waals surface area contributed by atoms with Gasteiger partial charge < -0.3 is 15.0 Å². The third-order valence-electron chi connectivity index (χ3n) is 3.72. The molecule has 1 aromatic rings. The van der Waals surface area contributed by atoms with E-state index >= 15 is 0 Å². The fraction of sp³-hybridized carbons (Fsp3) is 0.643. The number of hydrogen-bond donors (Lipinski definition) is 1. The molecule has 0 saturated carbocycles. The van der Waals surface area contributed by atoms with E-state index < -0.39 is 4.92 Å². The van der Waals surface area contributed by atoms with Gasteiger partial charge in [0.1, 0.15) is 0 Å².